The maximum absolute atomic E-state index is 13.2. The molecule has 0 radical (unpaired) electrons. The summed E-state index contributed by atoms with van der Waals surface area (Å²) in [4.78, 5) is 35.7. The van der Waals surface area contributed by atoms with E-state index in [2.05, 4.69) is 11.3 Å². The lowest BCUT2D eigenvalue weighted by atomic mass is 9.78. The molecule has 2 saturated carbocycles. The molecule has 144 valence electrons. The summed E-state index contributed by atoms with van der Waals surface area (Å²) in [6.45, 7) is 1.27. The first-order valence-corrected chi connectivity index (χ1v) is 8.92. The van der Waals surface area contributed by atoms with Gasteiger partial charge in [0.25, 0.3) is 0 Å². The highest BCUT2D eigenvalue weighted by Gasteiger charge is 2.70. The molecule has 2 aliphatic carbocycles. The maximum Gasteiger partial charge on any atom is 0.367 e. The van der Waals surface area contributed by atoms with E-state index in [1.807, 2.05) is 0 Å². The standard InChI is InChI=1S/C14H14F2O9S/c1-2-7(17)24-10-5-3-6-9(13(19)25-11(6)10)8(5)12(18)23-4-14(15,16)26(20,21)22/h2,5-6,8-11H,1,3-4H2,(H,20,21,22)/p-1. The van der Waals surface area contributed by atoms with E-state index < -0.39 is 75.8 Å². The van der Waals surface area contributed by atoms with E-state index in [1.165, 1.54) is 0 Å². The summed E-state index contributed by atoms with van der Waals surface area (Å²) in [6.07, 6.45) is -0.553. The molecule has 6 atom stereocenters. The normalized spacial score (nSPS) is 35.1. The molecule has 0 spiro atoms. The van der Waals surface area contributed by atoms with Gasteiger partial charge in [0.1, 0.15) is 12.2 Å². The van der Waals surface area contributed by atoms with Gasteiger partial charge in [-0.1, -0.05) is 6.58 Å². The van der Waals surface area contributed by atoms with E-state index >= 15 is 0 Å². The highest BCUT2D eigenvalue weighted by Crippen LogP contribution is 2.59. The number of esters is 3. The molecule has 2 bridgehead atoms. The fourth-order valence-electron chi connectivity index (χ4n) is 3.97. The molecule has 3 aliphatic rings. The Balaban J connectivity index is 1.77. The summed E-state index contributed by atoms with van der Waals surface area (Å²) in [5.41, 5.74) is 0. The Morgan fingerprint density at radius 2 is 2.04 bits per heavy atom. The zero-order valence-electron chi connectivity index (χ0n) is 13.0. The summed E-state index contributed by atoms with van der Waals surface area (Å²) in [5, 5.41) is -4.80. The minimum absolute atomic E-state index is 0.270. The molecule has 6 unspecified atom stereocenters. The van der Waals surface area contributed by atoms with Crippen molar-refractivity contribution in [2.75, 3.05) is 6.61 Å². The van der Waals surface area contributed by atoms with Crippen LogP contribution in [0.5, 0.6) is 0 Å². The van der Waals surface area contributed by atoms with Crippen LogP contribution < -0.4 is 0 Å². The molecule has 0 aromatic carbocycles. The lowest BCUT2D eigenvalue weighted by Crippen LogP contribution is -2.44. The van der Waals surface area contributed by atoms with Crippen LogP contribution in [-0.4, -0.2) is 54.9 Å². The Kier molecular flexibility index (Phi) is 4.30. The largest absolute Gasteiger partial charge is 0.743 e. The van der Waals surface area contributed by atoms with E-state index in [-0.39, 0.29) is 6.42 Å². The average molecular weight is 395 g/mol. The first kappa shape index (κ1) is 18.7. The minimum Gasteiger partial charge on any atom is -0.743 e. The van der Waals surface area contributed by atoms with E-state index in [9.17, 15) is 36.1 Å². The molecule has 0 N–H and O–H groups in total. The molecule has 1 saturated heterocycles. The number of rotatable bonds is 6. The Morgan fingerprint density at radius 1 is 1.38 bits per heavy atom. The van der Waals surface area contributed by atoms with Crippen molar-refractivity contribution in [3.05, 3.63) is 12.7 Å². The summed E-state index contributed by atoms with van der Waals surface area (Å²) in [5.74, 6) is -6.18. The van der Waals surface area contributed by atoms with Gasteiger partial charge in [0.05, 0.1) is 11.8 Å². The Morgan fingerprint density at radius 3 is 2.62 bits per heavy atom. The van der Waals surface area contributed by atoms with Gasteiger partial charge in [0.15, 0.2) is 16.7 Å². The third kappa shape index (κ3) is 2.76. The Labute approximate surface area is 146 Å². The highest BCUT2D eigenvalue weighted by atomic mass is 32.2. The van der Waals surface area contributed by atoms with E-state index in [0.717, 1.165) is 6.08 Å². The first-order valence-electron chi connectivity index (χ1n) is 7.51. The fraction of sp³-hybridized carbons (Fsp3) is 0.643. The molecule has 1 aliphatic heterocycles. The van der Waals surface area contributed by atoms with Crippen molar-refractivity contribution >= 4 is 28.0 Å². The molecule has 3 rings (SSSR count). The number of alkyl halides is 2. The average Bonchev–Trinajstić information content (AvgIpc) is 3.14. The molecule has 0 aromatic rings. The number of hydrogen-bond acceptors (Lipinski definition) is 9. The van der Waals surface area contributed by atoms with E-state index in [1.54, 1.807) is 0 Å². The molecular formula is C14H13F2O9S-. The highest BCUT2D eigenvalue weighted by molar-refractivity contribution is 7.86. The van der Waals surface area contributed by atoms with Crippen LogP contribution in [0.2, 0.25) is 0 Å². The summed E-state index contributed by atoms with van der Waals surface area (Å²) < 4.78 is 72.3. The third-order valence-electron chi connectivity index (χ3n) is 4.99. The van der Waals surface area contributed by atoms with Crippen molar-refractivity contribution < 1.29 is 50.3 Å². The van der Waals surface area contributed by atoms with Gasteiger partial charge in [-0.25, -0.2) is 13.2 Å². The number of carbonyl (C=O) groups excluding carboxylic acids is 3. The predicted octanol–water partition coefficient (Wildman–Crippen LogP) is -0.427. The first-order chi connectivity index (χ1) is 12.0. The smallest absolute Gasteiger partial charge is 0.367 e. The third-order valence-corrected chi connectivity index (χ3v) is 5.83. The second-order valence-corrected chi connectivity index (χ2v) is 7.83. The van der Waals surface area contributed by atoms with Crippen LogP contribution in [0, 0.1) is 23.7 Å². The van der Waals surface area contributed by atoms with Crippen molar-refractivity contribution in [1.29, 1.82) is 0 Å². The van der Waals surface area contributed by atoms with Crippen LogP contribution in [0.25, 0.3) is 0 Å². The van der Waals surface area contributed by atoms with Crippen LogP contribution in [0.3, 0.4) is 0 Å². The van der Waals surface area contributed by atoms with Gasteiger partial charge >= 0.3 is 23.2 Å². The lowest BCUT2D eigenvalue weighted by Gasteiger charge is -2.30. The van der Waals surface area contributed by atoms with Crippen LogP contribution in [0.15, 0.2) is 12.7 Å². The van der Waals surface area contributed by atoms with Gasteiger partial charge in [0, 0.05) is 17.9 Å². The molecule has 0 amide bonds. The number of ether oxygens (including phenoxy) is 3. The zero-order valence-corrected chi connectivity index (χ0v) is 13.8. The van der Waals surface area contributed by atoms with Crippen molar-refractivity contribution in [3.63, 3.8) is 0 Å². The van der Waals surface area contributed by atoms with Gasteiger partial charge < -0.3 is 18.8 Å². The summed E-state index contributed by atoms with van der Waals surface area (Å²) >= 11 is 0. The fourth-order valence-corrected chi connectivity index (χ4v) is 4.18. The summed E-state index contributed by atoms with van der Waals surface area (Å²) in [7, 11) is -6.02. The lowest BCUT2D eigenvalue weighted by molar-refractivity contribution is -0.165. The van der Waals surface area contributed by atoms with E-state index in [0.29, 0.717) is 0 Å². The molecule has 3 fully saturated rings. The summed E-state index contributed by atoms with van der Waals surface area (Å²) in [6, 6.07) is 0. The van der Waals surface area contributed by atoms with Crippen molar-refractivity contribution in [3.8, 4) is 0 Å². The van der Waals surface area contributed by atoms with Crippen LogP contribution in [0.4, 0.5) is 8.78 Å². The second-order valence-electron chi connectivity index (χ2n) is 6.32. The molecule has 0 aromatic heterocycles. The Bertz CT molecular complexity index is 777. The molecule has 1 heterocycles. The van der Waals surface area contributed by atoms with Gasteiger partial charge in [0.2, 0.25) is 0 Å². The molecule has 26 heavy (non-hydrogen) atoms. The van der Waals surface area contributed by atoms with Gasteiger partial charge in [-0.15, -0.1) is 0 Å². The van der Waals surface area contributed by atoms with Crippen LogP contribution >= 0.6 is 0 Å². The SMILES string of the molecule is C=CC(=O)OC1C2CC3C1OC(=O)C3C2C(=O)OCC(F)(F)S(=O)(=O)[O-]. The van der Waals surface area contributed by atoms with Crippen molar-refractivity contribution in [2.24, 2.45) is 23.7 Å². The molecular weight excluding hydrogens is 382 g/mol. The topological polar surface area (TPSA) is 136 Å². The second kappa shape index (κ2) is 5.98. The number of hydrogen-bond donors (Lipinski definition) is 0. The van der Waals surface area contributed by atoms with E-state index in [4.69, 9.17) is 9.47 Å². The van der Waals surface area contributed by atoms with Gasteiger partial charge in [-0.05, 0) is 6.42 Å². The molecule has 9 nitrogen and oxygen atoms in total. The number of halogens is 2. The van der Waals surface area contributed by atoms with Crippen LogP contribution in [0.1, 0.15) is 6.42 Å². The Hall–Kier alpha value is -2.08. The van der Waals surface area contributed by atoms with Crippen molar-refractivity contribution in [2.45, 2.75) is 23.9 Å². The monoisotopic (exact) mass is 395 g/mol. The van der Waals surface area contributed by atoms with Crippen molar-refractivity contribution in [1.82, 2.24) is 0 Å². The number of carbonyl (C=O) groups is 3. The van der Waals surface area contributed by atoms with Crippen LogP contribution in [-0.2, 0) is 38.7 Å². The maximum atomic E-state index is 13.2. The minimum atomic E-state index is -6.02. The quantitative estimate of drug-likeness (QED) is 0.254. The number of fused-ring (bicyclic) bond motifs is 1. The van der Waals surface area contributed by atoms with Gasteiger partial charge in [-0.3, -0.25) is 9.59 Å². The van der Waals surface area contributed by atoms with Gasteiger partial charge in [-0.2, -0.15) is 8.78 Å². The molecule has 12 heteroatoms. The zero-order chi connectivity index (χ0) is 19.4. The predicted molar refractivity (Wildman–Crippen MR) is 74.1 cm³/mol.